The second kappa shape index (κ2) is 4.75. The highest BCUT2D eigenvalue weighted by Gasteiger charge is 2.59. The summed E-state index contributed by atoms with van der Waals surface area (Å²) in [5.74, 6) is 0.781. The molecule has 0 saturated heterocycles. The van der Waals surface area contributed by atoms with E-state index in [0.29, 0.717) is 11.5 Å². The molecule has 0 radical (unpaired) electrons. The number of unbranched alkanes of at least 4 members (excludes halogenated alkanes) is 1. The van der Waals surface area contributed by atoms with Gasteiger partial charge in [0.05, 0.1) is 0 Å². The van der Waals surface area contributed by atoms with Crippen LogP contribution in [0, 0.1) is 16.7 Å². The lowest BCUT2D eigenvalue weighted by molar-refractivity contribution is 0.114. The summed E-state index contributed by atoms with van der Waals surface area (Å²) in [6, 6.07) is 0.348. The highest BCUT2D eigenvalue weighted by molar-refractivity contribution is 5.74. The van der Waals surface area contributed by atoms with Crippen molar-refractivity contribution in [3.63, 3.8) is 0 Å². The molecule has 2 aliphatic carbocycles. The van der Waals surface area contributed by atoms with Gasteiger partial charge in [0.15, 0.2) is 0 Å². The van der Waals surface area contributed by atoms with Crippen LogP contribution in [0.3, 0.4) is 0 Å². The molecule has 3 nitrogen and oxygen atoms in total. The fourth-order valence-electron chi connectivity index (χ4n) is 4.22. The maximum Gasteiger partial charge on any atom is 0.315 e. The van der Waals surface area contributed by atoms with Crippen molar-refractivity contribution in [2.24, 2.45) is 16.7 Å². The Balaban J connectivity index is 1.94. The van der Waals surface area contributed by atoms with E-state index in [2.05, 4.69) is 38.3 Å². The summed E-state index contributed by atoms with van der Waals surface area (Å²) in [4.78, 5) is 12.0. The Morgan fingerprint density at radius 2 is 2.06 bits per heavy atom. The maximum atomic E-state index is 12.0. The molecule has 3 unspecified atom stereocenters. The molecular weight excluding hydrogens is 224 g/mol. The highest BCUT2D eigenvalue weighted by Crippen LogP contribution is 2.62. The molecule has 104 valence electrons. The van der Waals surface area contributed by atoms with Gasteiger partial charge < -0.3 is 10.6 Å². The number of rotatable bonds is 4. The number of carbonyl (C=O) groups excluding carboxylic acids is 1. The van der Waals surface area contributed by atoms with Gasteiger partial charge >= 0.3 is 6.03 Å². The third-order valence-corrected chi connectivity index (χ3v) is 5.36. The first-order valence-electron chi connectivity index (χ1n) is 7.44. The molecule has 2 saturated carbocycles. The summed E-state index contributed by atoms with van der Waals surface area (Å²) in [5.41, 5.74) is 0.561. The Hall–Kier alpha value is -0.730. The fourth-order valence-corrected chi connectivity index (χ4v) is 4.22. The molecule has 2 rings (SSSR count). The quantitative estimate of drug-likeness (QED) is 0.741. The Labute approximate surface area is 111 Å². The van der Waals surface area contributed by atoms with Crippen molar-refractivity contribution in [1.82, 2.24) is 10.6 Å². The standard InChI is InChI=1S/C15H28N2O/c1-5-6-9-16-13(18)17-12-14(2,3)11-7-8-15(12,4)10-11/h11-12H,5-10H2,1-4H3,(H2,16,17,18). The van der Waals surface area contributed by atoms with Crippen molar-refractivity contribution in [2.45, 2.75) is 65.8 Å². The average molecular weight is 252 g/mol. The summed E-state index contributed by atoms with van der Waals surface area (Å²) >= 11 is 0. The summed E-state index contributed by atoms with van der Waals surface area (Å²) < 4.78 is 0. The van der Waals surface area contributed by atoms with E-state index in [1.165, 1.54) is 19.3 Å². The zero-order valence-corrected chi connectivity index (χ0v) is 12.3. The normalized spacial score (nSPS) is 36.7. The van der Waals surface area contributed by atoms with Gasteiger partial charge in [0.1, 0.15) is 0 Å². The Morgan fingerprint density at radius 1 is 1.33 bits per heavy atom. The summed E-state index contributed by atoms with van der Waals surface area (Å²) in [7, 11) is 0. The second-order valence-electron chi connectivity index (χ2n) is 7.10. The van der Waals surface area contributed by atoms with Crippen LogP contribution in [-0.4, -0.2) is 18.6 Å². The van der Waals surface area contributed by atoms with Gasteiger partial charge in [0.2, 0.25) is 0 Å². The summed E-state index contributed by atoms with van der Waals surface area (Å²) in [5, 5.41) is 6.22. The molecule has 0 heterocycles. The van der Waals surface area contributed by atoms with Gasteiger partial charge in [-0.1, -0.05) is 34.1 Å². The predicted octanol–water partition coefficient (Wildman–Crippen LogP) is 3.30. The lowest BCUT2D eigenvalue weighted by Crippen LogP contribution is -2.54. The van der Waals surface area contributed by atoms with Gasteiger partial charge in [-0.3, -0.25) is 0 Å². The Morgan fingerprint density at radius 3 is 2.61 bits per heavy atom. The van der Waals surface area contributed by atoms with E-state index < -0.39 is 0 Å². The minimum atomic E-state index is 0.0234. The second-order valence-corrected chi connectivity index (χ2v) is 7.10. The van der Waals surface area contributed by atoms with Crippen LogP contribution < -0.4 is 10.6 Å². The number of carbonyl (C=O) groups is 1. The largest absolute Gasteiger partial charge is 0.338 e. The van der Waals surface area contributed by atoms with Gasteiger partial charge in [-0.05, 0) is 42.4 Å². The van der Waals surface area contributed by atoms with E-state index in [1.54, 1.807) is 0 Å². The number of nitrogens with one attached hydrogen (secondary N) is 2. The van der Waals surface area contributed by atoms with Crippen LogP contribution in [0.1, 0.15) is 59.8 Å². The molecule has 3 heteroatoms. The number of hydrogen-bond donors (Lipinski definition) is 2. The Kier molecular flexibility index (Phi) is 3.61. The van der Waals surface area contributed by atoms with Crippen LogP contribution in [0.25, 0.3) is 0 Å². The summed E-state index contributed by atoms with van der Waals surface area (Å²) in [6.45, 7) is 9.91. The third kappa shape index (κ3) is 2.24. The minimum absolute atomic E-state index is 0.0234. The lowest BCUT2D eigenvalue weighted by Gasteiger charge is -2.43. The van der Waals surface area contributed by atoms with Crippen molar-refractivity contribution >= 4 is 6.03 Å². The number of amides is 2. The minimum Gasteiger partial charge on any atom is -0.338 e. The predicted molar refractivity (Wildman–Crippen MR) is 74.5 cm³/mol. The van der Waals surface area contributed by atoms with Crippen molar-refractivity contribution < 1.29 is 4.79 Å². The van der Waals surface area contributed by atoms with E-state index in [0.717, 1.165) is 25.3 Å². The van der Waals surface area contributed by atoms with Crippen LogP contribution in [0.2, 0.25) is 0 Å². The van der Waals surface area contributed by atoms with Gasteiger partial charge in [-0.15, -0.1) is 0 Å². The van der Waals surface area contributed by atoms with Gasteiger partial charge in [-0.25, -0.2) is 4.79 Å². The highest BCUT2D eigenvalue weighted by atomic mass is 16.2. The Bertz CT molecular complexity index is 322. The van der Waals surface area contributed by atoms with Crippen molar-refractivity contribution in [2.75, 3.05) is 6.54 Å². The molecule has 0 aliphatic heterocycles. The van der Waals surface area contributed by atoms with E-state index in [-0.39, 0.29) is 11.4 Å². The SMILES string of the molecule is CCCCNC(=O)NC1C2(C)CCC(C2)C1(C)C. The first kappa shape index (κ1) is 13.7. The van der Waals surface area contributed by atoms with Crippen LogP contribution in [0.4, 0.5) is 4.79 Å². The molecular formula is C15H28N2O. The zero-order chi connectivity index (χ0) is 13.4. The van der Waals surface area contributed by atoms with E-state index in [9.17, 15) is 4.79 Å². The van der Waals surface area contributed by atoms with Gasteiger partial charge in [0.25, 0.3) is 0 Å². The lowest BCUT2D eigenvalue weighted by atomic mass is 9.68. The van der Waals surface area contributed by atoms with E-state index in [1.807, 2.05) is 0 Å². The van der Waals surface area contributed by atoms with Crippen LogP contribution in [-0.2, 0) is 0 Å². The van der Waals surface area contributed by atoms with Crippen LogP contribution in [0.15, 0.2) is 0 Å². The molecule has 2 amide bonds. The molecule has 2 bridgehead atoms. The van der Waals surface area contributed by atoms with Crippen molar-refractivity contribution in [3.8, 4) is 0 Å². The van der Waals surface area contributed by atoms with E-state index >= 15 is 0 Å². The smallest absolute Gasteiger partial charge is 0.315 e. The molecule has 2 aliphatic rings. The zero-order valence-electron chi connectivity index (χ0n) is 12.3. The van der Waals surface area contributed by atoms with E-state index in [4.69, 9.17) is 0 Å². The topological polar surface area (TPSA) is 41.1 Å². The number of fused-ring (bicyclic) bond motifs is 2. The summed E-state index contributed by atoms with van der Waals surface area (Å²) in [6.07, 6.45) is 6.05. The first-order chi connectivity index (χ1) is 8.40. The van der Waals surface area contributed by atoms with Crippen molar-refractivity contribution in [3.05, 3.63) is 0 Å². The molecule has 3 atom stereocenters. The molecule has 0 aromatic heterocycles. The molecule has 2 fully saturated rings. The number of urea groups is 1. The first-order valence-corrected chi connectivity index (χ1v) is 7.44. The maximum absolute atomic E-state index is 12.0. The molecule has 0 spiro atoms. The monoisotopic (exact) mass is 252 g/mol. The molecule has 0 aromatic rings. The molecule has 0 aromatic carbocycles. The fraction of sp³-hybridized carbons (Fsp3) is 0.933. The van der Waals surface area contributed by atoms with Crippen LogP contribution in [0.5, 0.6) is 0 Å². The molecule has 2 N–H and O–H groups in total. The number of hydrogen-bond acceptors (Lipinski definition) is 1. The van der Waals surface area contributed by atoms with Crippen LogP contribution >= 0.6 is 0 Å². The van der Waals surface area contributed by atoms with Gasteiger partial charge in [-0.2, -0.15) is 0 Å². The van der Waals surface area contributed by atoms with Crippen molar-refractivity contribution in [1.29, 1.82) is 0 Å². The average Bonchev–Trinajstić information content (AvgIpc) is 2.76. The molecule has 18 heavy (non-hydrogen) atoms. The van der Waals surface area contributed by atoms with Gasteiger partial charge in [0, 0.05) is 12.6 Å². The third-order valence-electron chi connectivity index (χ3n) is 5.36.